The van der Waals surface area contributed by atoms with Gasteiger partial charge in [-0.05, 0) is 32.6 Å². The summed E-state index contributed by atoms with van der Waals surface area (Å²) in [6, 6.07) is 0. The molecule has 0 amide bonds. The third-order valence-corrected chi connectivity index (χ3v) is 9.61. The summed E-state index contributed by atoms with van der Waals surface area (Å²) in [6.07, 6.45) is 19.3. The first-order valence-corrected chi connectivity index (χ1v) is 11.1. The van der Waals surface area contributed by atoms with E-state index in [1.165, 1.54) is 63.9 Å². The Labute approximate surface area is 118 Å². The fourth-order valence-corrected chi connectivity index (χ4v) is 7.45. The van der Waals surface area contributed by atoms with Gasteiger partial charge >= 0.3 is 0 Å². The zero-order valence-electron chi connectivity index (χ0n) is 13.6. The van der Waals surface area contributed by atoms with Crippen molar-refractivity contribution < 1.29 is 0 Å². The fourth-order valence-electron chi connectivity index (χ4n) is 3.01. The van der Waals surface area contributed by atoms with Gasteiger partial charge in [-0.15, -0.1) is 0 Å². The summed E-state index contributed by atoms with van der Waals surface area (Å²) in [5.74, 6) is 0. The van der Waals surface area contributed by atoms with Crippen LogP contribution in [0.4, 0.5) is 0 Å². The van der Waals surface area contributed by atoms with E-state index in [2.05, 4.69) is 27.7 Å². The zero-order chi connectivity index (χ0) is 13.7. The molecule has 0 aliphatic rings. The maximum Gasteiger partial charge on any atom is 0.0594 e. The number of unbranched alkanes of at least 4 members (excludes halogenated alkanes) is 6. The molecule has 0 saturated carbocycles. The SMILES string of the molecule is CCCCCCCC[P+](CC)(CCC)CCCC. The van der Waals surface area contributed by atoms with Crippen molar-refractivity contribution in [3.05, 3.63) is 0 Å². The highest BCUT2D eigenvalue weighted by molar-refractivity contribution is 7.75. The Morgan fingerprint density at radius 2 is 1.06 bits per heavy atom. The first kappa shape index (κ1) is 18.4. The maximum absolute atomic E-state index is 2.47. The van der Waals surface area contributed by atoms with Gasteiger partial charge in [-0.1, -0.05) is 52.9 Å². The molecular weight excluding hydrogens is 235 g/mol. The molecule has 0 aromatic rings. The van der Waals surface area contributed by atoms with Crippen molar-refractivity contribution in [2.45, 2.75) is 85.5 Å². The van der Waals surface area contributed by atoms with Crippen molar-refractivity contribution in [2.75, 3.05) is 24.6 Å². The fraction of sp³-hybridized carbons (Fsp3) is 1.00. The third-order valence-electron chi connectivity index (χ3n) is 4.34. The van der Waals surface area contributed by atoms with E-state index >= 15 is 0 Å². The largest absolute Gasteiger partial charge is 0.0654 e. The van der Waals surface area contributed by atoms with Gasteiger partial charge in [0.25, 0.3) is 0 Å². The highest BCUT2D eigenvalue weighted by Gasteiger charge is 2.32. The predicted molar refractivity (Wildman–Crippen MR) is 90.6 cm³/mol. The molecule has 1 heteroatoms. The molecule has 0 radical (unpaired) electrons. The predicted octanol–water partition coefficient (Wildman–Crippen LogP) is 6.59. The summed E-state index contributed by atoms with van der Waals surface area (Å²) >= 11 is 0. The molecule has 0 N–H and O–H groups in total. The van der Waals surface area contributed by atoms with E-state index in [9.17, 15) is 0 Å². The van der Waals surface area contributed by atoms with Crippen molar-refractivity contribution >= 4 is 7.26 Å². The Morgan fingerprint density at radius 3 is 1.61 bits per heavy atom. The number of rotatable bonds is 13. The quantitative estimate of drug-likeness (QED) is 0.262. The Morgan fingerprint density at radius 1 is 0.500 bits per heavy atom. The molecule has 110 valence electrons. The van der Waals surface area contributed by atoms with Crippen LogP contribution in [0.15, 0.2) is 0 Å². The molecule has 0 saturated heterocycles. The van der Waals surface area contributed by atoms with E-state index in [4.69, 9.17) is 0 Å². The monoisotopic (exact) mass is 273 g/mol. The Bertz CT molecular complexity index is 167. The topological polar surface area (TPSA) is 0 Å². The van der Waals surface area contributed by atoms with Gasteiger partial charge in [-0.2, -0.15) is 0 Å². The Kier molecular flexibility index (Phi) is 12.8. The molecule has 0 bridgehead atoms. The normalized spacial score (nSPS) is 14.7. The second-order valence-electron chi connectivity index (χ2n) is 5.95. The lowest BCUT2D eigenvalue weighted by molar-refractivity contribution is 0.625. The summed E-state index contributed by atoms with van der Waals surface area (Å²) < 4.78 is 0. The van der Waals surface area contributed by atoms with Crippen LogP contribution in [0, 0.1) is 0 Å². The Hall–Kier alpha value is 0.430. The smallest absolute Gasteiger partial charge is 0.0594 e. The molecule has 0 aromatic heterocycles. The standard InChI is InChI=1S/C17H38P/c1-5-9-11-12-13-14-17-18(8-4,15-7-3)16-10-6-2/h5-17H2,1-4H3/q+1. The van der Waals surface area contributed by atoms with Crippen LogP contribution in [0.5, 0.6) is 0 Å². The minimum Gasteiger partial charge on any atom is -0.0654 e. The van der Waals surface area contributed by atoms with Crippen LogP contribution in [-0.4, -0.2) is 24.6 Å². The van der Waals surface area contributed by atoms with E-state index in [-0.39, 0.29) is 0 Å². The van der Waals surface area contributed by atoms with Crippen LogP contribution < -0.4 is 0 Å². The van der Waals surface area contributed by atoms with Crippen LogP contribution in [0.25, 0.3) is 0 Å². The van der Waals surface area contributed by atoms with E-state index in [0.717, 1.165) is 0 Å². The van der Waals surface area contributed by atoms with Gasteiger partial charge < -0.3 is 0 Å². The van der Waals surface area contributed by atoms with Gasteiger partial charge in [-0.3, -0.25) is 0 Å². The zero-order valence-corrected chi connectivity index (χ0v) is 14.5. The van der Waals surface area contributed by atoms with Gasteiger partial charge in [0, 0.05) is 7.26 Å². The maximum atomic E-state index is 2.47. The van der Waals surface area contributed by atoms with E-state index in [1.54, 1.807) is 18.5 Å². The second-order valence-corrected chi connectivity index (χ2v) is 10.6. The van der Waals surface area contributed by atoms with E-state index < -0.39 is 7.26 Å². The number of hydrogen-bond acceptors (Lipinski definition) is 0. The summed E-state index contributed by atoms with van der Waals surface area (Å²) in [5.41, 5.74) is 0. The molecule has 18 heavy (non-hydrogen) atoms. The van der Waals surface area contributed by atoms with Crippen LogP contribution in [0.1, 0.15) is 85.5 Å². The lowest BCUT2D eigenvalue weighted by Gasteiger charge is -2.26. The molecule has 0 heterocycles. The molecule has 0 fully saturated rings. The number of hydrogen-bond donors (Lipinski definition) is 0. The van der Waals surface area contributed by atoms with Crippen molar-refractivity contribution in [3.8, 4) is 0 Å². The van der Waals surface area contributed by atoms with Gasteiger partial charge in [-0.25, -0.2) is 0 Å². The average Bonchev–Trinajstić information content (AvgIpc) is 2.40. The first-order valence-electron chi connectivity index (χ1n) is 8.59. The van der Waals surface area contributed by atoms with Crippen LogP contribution in [0.3, 0.4) is 0 Å². The average molecular weight is 273 g/mol. The highest BCUT2D eigenvalue weighted by atomic mass is 31.2. The third kappa shape index (κ3) is 8.52. The molecule has 0 aromatic carbocycles. The van der Waals surface area contributed by atoms with Gasteiger partial charge in [0.1, 0.15) is 0 Å². The van der Waals surface area contributed by atoms with Crippen molar-refractivity contribution in [3.63, 3.8) is 0 Å². The summed E-state index contributed by atoms with van der Waals surface area (Å²) in [7, 11) is -0.549. The molecule has 0 aliphatic heterocycles. The van der Waals surface area contributed by atoms with Gasteiger partial charge in [0.05, 0.1) is 24.6 Å². The van der Waals surface area contributed by atoms with Crippen LogP contribution >= 0.6 is 7.26 Å². The molecule has 0 rings (SSSR count). The first-order chi connectivity index (χ1) is 8.74. The van der Waals surface area contributed by atoms with Crippen molar-refractivity contribution in [2.24, 2.45) is 0 Å². The Balaban J connectivity index is 3.91. The van der Waals surface area contributed by atoms with Gasteiger partial charge in [0.15, 0.2) is 0 Å². The molecule has 0 spiro atoms. The van der Waals surface area contributed by atoms with Crippen LogP contribution in [0.2, 0.25) is 0 Å². The molecule has 1 unspecified atom stereocenters. The van der Waals surface area contributed by atoms with Gasteiger partial charge in [0.2, 0.25) is 0 Å². The molecular formula is C17H38P+. The highest BCUT2D eigenvalue weighted by Crippen LogP contribution is 2.60. The molecule has 0 aliphatic carbocycles. The summed E-state index contributed by atoms with van der Waals surface area (Å²) in [5, 5.41) is 0. The van der Waals surface area contributed by atoms with Crippen LogP contribution in [-0.2, 0) is 0 Å². The summed E-state index contributed by atoms with van der Waals surface area (Å²) in [4.78, 5) is 0. The minimum absolute atomic E-state index is 0.549. The molecule has 1 atom stereocenters. The molecule has 0 nitrogen and oxygen atoms in total. The van der Waals surface area contributed by atoms with Crippen molar-refractivity contribution in [1.82, 2.24) is 0 Å². The lowest BCUT2D eigenvalue weighted by Crippen LogP contribution is -2.10. The lowest BCUT2D eigenvalue weighted by atomic mass is 10.1. The van der Waals surface area contributed by atoms with E-state index in [0.29, 0.717) is 0 Å². The summed E-state index contributed by atoms with van der Waals surface area (Å²) in [6.45, 7) is 9.51. The van der Waals surface area contributed by atoms with Crippen molar-refractivity contribution in [1.29, 1.82) is 0 Å². The second kappa shape index (κ2) is 12.5. The van der Waals surface area contributed by atoms with E-state index in [1.807, 2.05) is 0 Å². The minimum atomic E-state index is -0.549.